The first kappa shape index (κ1) is 19.6. The van der Waals surface area contributed by atoms with Gasteiger partial charge in [-0.2, -0.15) is 0 Å². The van der Waals surface area contributed by atoms with Gasteiger partial charge in [-0.1, -0.05) is 24.3 Å². The van der Waals surface area contributed by atoms with E-state index in [1.54, 1.807) is 12.1 Å². The molecule has 2 aliphatic rings. The van der Waals surface area contributed by atoms with Crippen LogP contribution in [0.15, 0.2) is 36.4 Å². The number of carbonyl (C=O) groups excluding carboxylic acids is 3. The lowest BCUT2D eigenvalue weighted by atomic mass is 9.94. The van der Waals surface area contributed by atoms with E-state index in [4.69, 9.17) is 0 Å². The van der Waals surface area contributed by atoms with E-state index in [-0.39, 0.29) is 24.3 Å². The van der Waals surface area contributed by atoms with Gasteiger partial charge in [-0.3, -0.25) is 19.3 Å². The first-order valence-corrected chi connectivity index (χ1v) is 10.5. The Labute approximate surface area is 170 Å². The number of rotatable bonds is 7. The lowest BCUT2D eigenvalue weighted by Gasteiger charge is -2.27. The molecule has 6 nitrogen and oxygen atoms in total. The van der Waals surface area contributed by atoms with E-state index in [2.05, 4.69) is 10.6 Å². The maximum atomic E-state index is 12.8. The van der Waals surface area contributed by atoms with Crippen LogP contribution in [0.1, 0.15) is 52.8 Å². The molecular weight excluding hydrogens is 366 g/mol. The summed E-state index contributed by atoms with van der Waals surface area (Å²) in [5, 5.41) is 7.98. The third kappa shape index (κ3) is 4.17. The highest BCUT2D eigenvalue weighted by Crippen LogP contribution is 2.30. The maximum Gasteiger partial charge on any atom is 0.261 e. The number of piperidine rings is 1. The Morgan fingerprint density at radius 2 is 1.83 bits per heavy atom. The van der Waals surface area contributed by atoms with Crippen LogP contribution in [0.4, 0.5) is 0 Å². The molecule has 2 heterocycles. The van der Waals surface area contributed by atoms with Crippen molar-refractivity contribution in [3.8, 4) is 0 Å². The summed E-state index contributed by atoms with van der Waals surface area (Å²) in [6, 6.07) is 11.0. The molecule has 2 aliphatic heterocycles. The fourth-order valence-electron chi connectivity index (χ4n) is 4.36. The quantitative estimate of drug-likeness (QED) is 0.709. The molecule has 6 heteroatoms. The Balaban J connectivity index is 1.29. The van der Waals surface area contributed by atoms with E-state index >= 15 is 0 Å². The van der Waals surface area contributed by atoms with Gasteiger partial charge in [0.05, 0.1) is 0 Å². The van der Waals surface area contributed by atoms with E-state index in [0.29, 0.717) is 36.4 Å². The van der Waals surface area contributed by atoms with Crippen molar-refractivity contribution in [1.29, 1.82) is 0 Å². The molecule has 0 bridgehead atoms. The second kappa shape index (κ2) is 8.74. The first-order chi connectivity index (χ1) is 14.1. The van der Waals surface area contributed by atoms with Crippen LogP contribution in [0.25, 0.3) is 10.8 Å². The van der Waals surface area contributed by atoms with Gasteiger partial charge in [0.2, 0.25) is 5.91 Å². The Morgan fingerprint density at radius 1 is 1.10 bits per heavy atom. The highest BCUT2D eigenvalue weighted by molar-refractivity contribution is 6.25. The van der Waals surface area contributed by atoms with Gasteiger partial charge in [0.15, 0.2) is 0 Å². The Bertz CT molecular complexity index is 883. The number of nitrogens with one attached hydrogen (secondary N) is 2. The number of amides is 3. The summed E-state index contributed by atoms with van der Waals surface area (Å²) in [6.45, 7) is 3.06. The SMILES string of the molecule is O=C(CCCN1C(=O)c2cccc3cccc(c23)C1=O)NCCC1CCCNC1. The van der Waals surface area contributed by atoms with Gasteiger partial charge >= 0.3 is 0 Å². The van der Waals surface area contributed by atoms with Crippen LogP contribution in [-0.4, -0.2) is 48.8 Å². The highest BCUT2D eigenvalue weighted by atomic mass is 16.2. The Kier molecular flexibility index (Phi) is 5.90. The molecule has 2 aromatic carbocycles. The normalized spacial score (nSPS) is 18.9. The molecule has 3 amide bonds. The molecule has 0 radical (unpaired) electrons. The van der Waals surface area contributed by atoms with Crippen LogP contribution in [0, 0.1) is 5.92 Å². The minimum atomic E-state index is -0.274. The van der Waals surface area contributed by atoms with Crippen LogP contribution in [0.2, 0.25) is 0 Å². The number of hydrogen-bond donors (Lipinski definition) is 2. The zero-order valence-electron chi connectivity index (χ0n) is 16.6. The summed E-state index contributed by atoms with van der Waals surface area (Å²) in [6.07, 6.45) is 4.19. The Hall–Kier alpha value is -2.73. The van der Waals surface area contributed by atoms with Gasteiger partial charge in [-0.15, -0.1) is 0 Å². The first-order valence-electron chi connectivity index (χ1n) is 10.5. The lowest BCUT2D eigenvalue weighted by Crippen LogP contribution is -2.41. The van der Waals surface area contributed by atoms with Gasteiger partial charge < -0.3 is 10.6 Å². The molecule has 0 aliphatic carbocycles. The summed E-state index contributed by atoms with van der Waals surface area (Å²) >= 11 is 0. The monoisotopic (exact) mass is 393 g/mol. The second-order valence-corrected chi connectivity index (χ2v) is 7.93. The average molecular weight is 393 g/mol. The third-order valence-electron chi connectivity index (χ3n) is 5.92. The van der Waals surface area contributed by atoms with Crippen molar-refractivity contribution in [1.82, 2.24) is 15.5 Å². The second-order valence-electron chi connectivity index (χ2n) is 7.93. The number of nitrogens with zero attached hydrogens (tertiary/aromatic N) is 1. The number of carbonyl (C=O) groups is 3. The zero-order valence-corrected chi connectivity index (χ0v) is 16.6. The molecule has 4 rings (SSSR count). The van der Waals surface area contributed by atoms with Crippen molar-refractivity contribution in [2.75, 3.05) is 26.2 Å². The van der Waals surface area contributed by atoms with Crippen molar-refractivity contribution in [3.63, 3.8) is 0 Å². The predicted octanol–water partition coefficient (Wildman–Crippen LogP) is 2.72. The van der Waals surface area contributed by atoms with Gasteiger partial charge in [0, 0.05) is 36.0 Å². The van der Waals surface area contributed by atoms with E-state index in [9.17, 15) is 14.4 Å². The molecule has 1 fully saturated rings. The zero-order chi connectivity index (χ0) is 20.2. The largest absolute Gasteiger partial charge is 0.356 e. The smallest absolute Gasteiger partial charge is 0.261 e. The molecule has 1 saturated heterocycles. The van der Waals surface area contributed by atoms with Crippen molar-refractivity contribution >= 4 is 28.5 Å². The number of hydrogen-bond acceptors (Lipinski definition) is 4. The molecule has 2 N–H and O–H groups in total. The van der Waals surface area contributed by atoms with Gasteiger partial charge in [-0.05, 0) is 62.2 Å². The summed E-state index contributed by atoms with van der Waals surface area (Å²) in [5.41, 5.74) is 1.12. The van der Waals surface area contributed by atoms with Crippen LogP contribution in [0.5, 0.6) is 0 Å². The van der Waals surface area contributed by atoms with Crippen LogP contribution in [-0.2, 0) is 4.79 Å². The molecular formula is C23H27N3O3. The van der Waals surface area contributed by atoms with Gasteiger partial charge in [-0.25, -0.2) is 0 Å². The average Bonchev–Trinajstić information content (AvgIpc) is 2.75. The van der Waals surface area contributed by atoms with E-state index in [1.807, 2.05) is 24.3 Å². The van der Waals surface area contributed by atoms with Gasteiger partial charge in [0.25, 0.3) is 11.8 Å². The predicted molar refractivity (Wildman–Crippen MR) is 112 cm³/mol. The summed E-state index contributed by atoms with van der Waals surface area (Å²) in [4.78, 5) is 39.1. The van der Waals surface area contributed by atoms with Crippen LogP contribution in [0.3, 0.4) is 0 Å². The number of benzene rings is 2. The van der Waals surface area contributed by atoms with E-state index in [0.717, 1.165) is 30.3 Å². The fourth-order valence-corrected chi connectivity index (χ4v) is 4.36. The minimum Gasteiger partial charge on any atom is -0.356 e. The summed E-state index contributed by atoms with van der Waals surface area (Å²) < 4.78 is 0. The standard InChI is InChI=1S/C23H27N3O3/c27-20(25-13-11-16-5-3-12-24-15-16)10-4-14-26-22(28)18-8-1-6-17-7-2-9-19(21(17)18)23(26)29/h1-2,6-9,16,24H,3-5,10-15H2,(H,25,27). The molecule has 1 atom stereocenters. The summed E-state index contributed by atoms with van der Waals surface area (Å²) in [7, 11) is 0. The lowest BCUT2D eigenvalue weighted by molar-refractivity contribution is -0.121. The van der Waals surface area contributed by atoms with Gasteiger partial charge in [0.1, 0.15) is 0 Å². The van der Waals surface area contributed by atoms with Crippen molar-refractivity contribution in [3.05, 3.63) is 47.5 Å². The highest BCUT2D eigenvalue weighted by Gasteiger charge is 2.32. The summed E-state index contributed by atoms with van der Waals surface area (Å²) in [5.74, 6) is 0.0672. The van der Waals surface area contributed by atoms with Crippen LogP contribution < -0.4 is 10.6 Å². The molecule has 0 saturated carbocycles. The Morgan fingerprint density at radius 3 is 2.48 bits per heavy atom. The third-order valence-corrected chi connectivity index (χ3v) is 5.92. The maximum absolute atomic E-state index is 12.8. The molecule has 29 heavy (non-hydrogen) atoms. The minimum absolute atomic E-state index is 0.0202. The molecule has 0 aromatic heterocycles. The molecule has 1 unspecified atom stereocenters. The molecule has 0 spiro atoms. The van der Waals surface area contributed by atoms with Crippen molar-refractivity contribution in [2.45, 2.75) is 32.1 Å². The van der Waals surface area contributed by atoms with Crippen LogP contribution >= 0.6 is 0 Å². The molecule has 152 valence electrons. The number of imide groups is 1. The van der Waals surface area contributed by atoms with Crippen molar-refractivity contribution in [2.24, 2.45) is 5.92 Å². The van der Waals surface area contributed by atoms with E-state index < -0.39 is 0 Å². The topological polar surface area (TPSA) is 78.5 Å². The molecule has 2 aromatic rings. The fraction of sp³-hybridized carbons (Fsp3) is 0.435. The van der Waals surface area contributed by atoms with Crippen molar-refractivity contribution < 1.29 is 14.4 Å². The van der Waals surface area contributed by atoms with E-state index in [1.165, 1.54) is 17.7 Å².